The Hall–Kier alpha value is -4.08. The normalized spacial score (nSPS) is 11.0. The first-order valence-electron chi connectivity index (χ1n) is 8.71. The Morgan fingerprint density at radius 3 is 2.83 bits per heavy atom. The van der Waals surface area contributed by atoms with E-state index >= 15 is 0 Å². The number of phenolic OH excluding ortho intramolecular Hbond substituents is 1. The zero-order chi connectivity index (χ0) is 20.5. The van der Waals surface area contributed by atoms with Crippen LogP contribution in [-0.4, -0.2) is 50.6 Å². The highest BCUT2D eigenvalue weighted by molar-refractivity contribution is 6.01. The first-order valence-corrected chi connectivity index (χ1v) is 8.71. The molecule has 0 radical (unpaired) electrons. The molecule has 0 unspecified atom stereocenters. The third-order valence-electron chi connectivity index (χ3n) is 4.41. The van der Waals surface area contributed by atoms with E-state index in [1.54, 1.807) is 55.4 Å². The highest BCUT2D eigenvalue weighted by atomic mass is 16.5. The monoisotopic (exact) mass is 394 g/mol. The number of aromatic carboxylic acids is 1. The largest absolute Gasteiger partial charge is 0.507 e. The summed E-state index contributed by atoms with van der Waals surface area (Å²) in [6, 6.07) is 10.5. The molecule has 2 aromatic heterocycles. The highest BCUT2D eigenvalue weighted by Crippen LogP contribution is 2.32. The van der Waals surface area contributed by atoms with Crippen molar-refractivity contribution in [3.63, 3.8) is 0 Å². The minimum absolute atomic E-state index is 0.0320. The number of rotatable bonds is 6. The maximum Gasteiger partial charge on any atom is 0.357 e. The first-order chi connectivity index (χ1) is 13.9. The number of nitrogens with one attached hydrogen (secondary N) is 2. The molecule has 0 fully saturated rings. The number of hydrogen-bond donors (Lipinski definition) is 4. The second-order valence-corrected chi connectivity index (χ2v) is 6.60. The summed E-state index contributed by atoms with van der Waals surface area (Å²) in [7, 11) is 3.59. The van der Waals surface area contributed by atoms with Gasteiger partial charge in [-0.15, -0.1) is 0 Å². The van der Waals surface area contributed by atoms with Crippen LogP contribution in [0.4, 0.5) is 11.6 Å². The summed E-state index contributed by atoms with van der Waals surface area (Å²) >= 11 is 0. The summed E-state index contributed by atoms with van der Waals surface area (Å²) in [6.45, 7) is 0.306. The molecule has 0 aliphatic carbocycles. The van der Waals surface area contributed by atoms with E-state index < -0.39 is 5.97 Å². The van der Waals surface area contributed by atoms with E-state index in [1.807, 2.05) is 0 Å². The van der Waals surface area contributed by atoms with Crippen molar-refractivity contribution >= 4 is 28.5 Å². The summed E-state index contributed by atoms with van der Waals surface area (Å²) < 4.78 is 5.24. The van der Waals surface area contributed by atoms with Crippen molar-refractivity contribution in [1.29, 1.82) is 0 Å². The minimum atomic E-state index is -1.10. The maximum absolute atomic E-state index is 11.3. The standard InChI is InChI=1S/C19H18N6O4/c1-25(2)19-21-17(29-24-19)12-5-3-4-10(16(12)26)9-20-11-6-7-14-13(8-11)15(18(27)28)23-22-14/h3-8,20,26H,9H2,1-2H3,(H,22,23)(H,27,28). The number of aromatic nitrogens is 4. The van der Waals surface area contributed by atoms with E-state index in [4.69, 9.17) is 4.52 Å². The summed E-state index contributed by atoms with van der Waals surface area (Å²) in [5.74, 6) is -0.440. The van der Waals surface area contributed by atoms with Gasteiger partial charge in [0.15, 0.2) is 5.69 Å². The minimum Gasteiger partial charge on any atom is -0.507 e. The topological polar surface area (TPSA) is 140 Å². The maximum atomic E-state index is 11.3. The van der Waals surface area contributed by atoms with Crippen molar-refractivity contribution in [2.45, 2.75) is 6.54 Å². The lowest BCUT2D eigenvalue weighted by molar-refractivity contribution is 0.0692. The Balaban J connectivity index is 1.58. The molecule has 29 heavy (non-hydrogen) atoms. The fraction of sp³-hybridized carbons (Fsp3) is 0.158. The molecular formula is C19H18N6O4. The molecule has 2 aromatic carbocycles. The molecule has 0 bridgehead atoms. The van der Waals surface area contributed by atoms with Crippen LogP contribution in [0.3, 0.4) is 0 Å². The molecule has 10 nitrogen and oxygen atoms in total. The van der Waals surface area contributed by atoms with Gasteiger partial charge in [0.25, 0.3) is 11.8 Å². The van der Waals surface area contributed by atoms with Gasteiger partial charge in [-0.3, -0.25) is 5.10 Å². The van der Waals surface area contributed by atoms with Crippen LogP contribution in [0.5, 0.6) is 5.75 Å². The molecule has 0 amide bonds. The van der Waals surface area contributed by atoms with E-state index in [9.17, 15) is 15.0 Å². The fourth-order valence-electron chi connectivity index (χ4n) is 2.90. The van der Waals surface area contributed by atoms with Crippen LogP contribution >= 0.6 is 0 Å². The molecule has 4 rings (SSSR count). The summed E-state index contributed by atoms with van der Waals surface area (Å²) in [5.41, 5.74) is 2.34. The van der Waals surface area contributed by atoms with Gasteiger partial charge in [-0.1, -0.05) is 12.1 Å². The molecule has 0 saturated heterocycles. The van der Waals surface area contributed by atoms with Crippen LogP contribution in [0.15, 0.2) is 40.9 Å². The first kappa shape index (κ1) is 18.3. The van der Waals surface area contributed by atoms with E-state index in [-0.39, 0.29) is 17.3 Å². The lowest BCUT2D eigenvalue weighted by atomic mass is 10.1. The number of carboxylic acids is 1. The molecule has 148 valence electrons. The molecule has 0 atom stereocenters. The van der Waals surface area contributed by atoms with Crippen molar-refractivity contribution in [2.24, 2.45) is 0 Å². The van der Waals surface area contributed by atoms with Crippen LogP contribution in [0.1, 0.15) is 16.1 Å². The quantitative estimate of drug-likeness (QED) is 0.388. The molecule has 0 saturated carbocycles. The number of anilines is 2. The number of nitrogens with zero attached hydrogens (tertiary/aromatic N) is 4. The van der Waals surface area contributed by atoms with Crippen LogP contribution in [0.25, 0.3) is 22.4 Å². The summed E-state index contributed by atoms with van der Waals surface area (Å²) in [4.78, 5) is 17.2. The van der Waals surface area contributed by atoms with Crippen molar-refractivity contribution in [3.8, 4) is 17.2 Å². The molecule has 4 N–H and O–H groups in total. The number of carboxylic acid groups (broad SMARTS) is 1. The second-order valence-electron chi connectivity index (χ2n) is 6.60. The van der Waals surface area contributed by atoms with Gasteiger partial charge in [0.1, 0.15) is 5.75 Å². The van der Waals surface area contributed by atoms with Crippen LogP contribution in [0.2, 0.25) is 0 Å². The molecule has 0 aliphatic heterocycles. The third-order valence-corrected chi connectivity index (χ3v) is 4.41. The molecule has 2 heterocycles. The van der Waals surface area contributed by atoms with Gasteiger partial charge >= 0.3 is 5.97 Å². The number of fused-ring (bicyclic) bond motifs is 1. The van der Waals surface area contributed by atoms with E-state index in [0.29, 0.717) is 40.2 Å². The number of benzene rings is 2. The van der Waals surface area contributed by atoms with Crippen LogP contribution in [0, 0.1) is 0 Å². The molecule has 10 heteroatoms. The summed E-state index contributed by atoms with van der Waals surface area (Å²) in [6.07, 6.45) is 0. The Bertz CT molecular complexity index is 1200. The molecule has 4 aromatic rings. The predicted molar refractivity (Wildman–Crippen MR) is 106 cm³/mol. The Morgan fingerprint density at radius 2 is 2.10 bits per heavy atom. The fourth-order valence-corrected chi connectivity index (χ4v) is 2.90. The lowest BCUT2D eigenvalue weighted by Gasteiger charge is -2.10. The third kappa shape index (κ3) is 3.43. The van der Waals surface area contributed by atoms with Crippen molar-refractivity contribution < 1.29 is 19.5 Å². The van der Waals surface area contributed by atoms with Gasteiger partial charge in [-0.2, -0.15) is 10.1 Å². The van der Waals surface area contributed by atoms with Gasteiger partial charge in [0.05, 0.1) is 11.1 Å². The van der Waals surface area contributed by atoms with Gasteiger partial charge in [-0.25, -0.2) is 4.79 Å². The lowest BCUT2D eigenvalue weighted by Crippen LogP contribution is -2.10. The number of aromatic amines is 1. The number of H-pyrrole nitrogens is 1. The SMILES string of the molecule is CN(C)c1noc(-c2cccc(CNc3ccc4[nH]nc(C(=O)O)c4c3)c2O)n1. The van der Waals surface area contributed by atoms with E-state index in [0.717, 1.165) is 0 Å². The zero-order valence-electron chi connectivity index (χ0n) is 15.7. The van der Waals surface area contributed by atoms with Crippen molar-refractivity contribution in [3.05, 3.63) is 47.7 Å². The number of aromatic hydroxyl groups is 1. The zero-order valence-corrected chi connectivity index (χ0v) is 15.7. The van der Waals surface area contributed by atoms with Crippen molar-refractivity contribution in [1.82, 2.24) is 20.3 Å². The predicted octanol–water partition coefficient (Wildman–Crippen LogP) is 2.69. The smallest absolute Gasteiger partial charge is 0.357 e. The highest BCUT2D eigenvalue weighted by Gasteiger charge is 2.17. The molecule has 0 spiro atoms. The second kappa shape index (κ2) is 7.15. The Kier molecular flexibility index (Phi) is 4.51. The Morgan fingerprint density at radius 1 is 1.28 bits per heavy atom. The van der Waals surface area contributed by atoms with Crippen LogP contribution in [-0.2, 0) is 6.54 Å². The number of hydrogen-bond acceptors (Lipinski definition) is 8. The van der Waals surface area contributed by atoms with Gasteiger partial charge in [0, 0.05) is 37.3 Å². The average molecular weight is 394 g/mol. The van der Waals surface area contributed by atoms with E-state index in [1.165, 1.54) is 0 Å². The number of para-hydroxylation sites is 1. The number of carbonyl (C=O) groups is 1. The average Bonchev–Trinajstić information content (AvgIpc) is 3.34. The molecular weight excluding hydrogens is 376 g/mol. The van der Waals surface area contributed by atoms with Crippen molar-refractivity contribution in [2.75, 3.05) is 24.3 Å². The van der Waals surface area contributed by atoms with Gasteiger partial charge < -0.3 is 25.0 Å². The summed E-state index contributed by atoms with van der Waals surface area (Å²) in [5, 5.41) is 33.9. The Labute approximate surface area is 164 Å². The number of phenols is 1. The van der Waals surface area contributed by atoms with Gasteiger partial charge in [-0.05, 0) is 29.4 Å². The van der Waals surface area contributed by atoms with Gasteiger partial charge in [0.2, 0.25) is 0 Å². The van der Waals surface area contributed by atoms with Crippen LogP contribution < -0.4 is 10.2 Å². The van der Waals surface area contributed by atoms with E-state index in [2.05, 4.69) is 25.7 Å². The molecule has 0 aliphatic rings.